The van der Waals surface area contributed by atoms with Crippen LogP contribution in [-0.2, 0) is 9.53 Å². The molecule has 0 bridgehead atoms. The minimum atomic E-state index is -0.131. The number of nitrogens with zero attached hydrogens (tertiary/aromatic N) is 1. The number of hydrogen-bond donors (Lipinski definition) is 0. The van der Waals surface area contributed by atoms with Gasteiger partial charge < -0.3 is 4.74 Å². The van der Waals surface area contributed by atoms with Crippen LogP contribution in [0.3, 0.4) is 0 Å². The lowest BCUT2D eigenvalue weighted by atomic mass is 9.94. The molecule has 1 amide bonds. The summed E-state index contributed by atoms with van der Waals surface area (Å²) in [5.41, 5.74) is 0. The van der Waals surface area contributed by atoms with Crippen molar-refractivity contribution in [1.29, 1.82) is 0 Å². The molecule has 0 radical (unpaired) electrons. The van der Waals surface area contributed by atoms with Gasteiger partial charge in [0.15, 0.2) is 0 Å². The monoisotopic (exact) mass is 201 g/mol. The van der Waals surface area contributed by atoms with Gasteiger partial charge in [-0.2, -0.15) is 0 Å². The van der Waals surface area contributed by atoms with E-state index < -0.39 is 0 Å². The number of benzene rings is 1. The Hall–Kier alpha value is -1.64. The highest BCUT2D eigenvalue weighted by atomic mass is 16.5. The zero-order chi connectivity index (χ0) is 10.3. The molecule has 1 aromatic carbocycles. The predicted molar refractivity (Wildman–Crippen MR) is 54.3 cm³/mol. The average Bonchev–Trinajstić information content (AvgIpc) is 2.30. The smallest absolute Gasteiger partial charge is 0.256 e. The molecule has 0 saturated carbocycles. The van der Waals surface area contributed by atoms with Crippen molar-refractivity contribution in [2.45, 2.75) is 12.8 Å². The first-order chi connectivity index (χ1) is 7.36. The Morgan fingerprint density at radius 1 is 1.33 bits per heavy atom. The number of hydrogen-bond acceptors (Lipinski definition) is 2. The van der Waals surface area contributed by atoms with E-state index in [4.69, 9.17) is 4.74 Å². The second kappa shape index (κ2) is 3.19. The number of carbonyl (C=O) groups excluding carboxylic acids is 1. The molecular weight excluding hydrogens is 190 g/mol. The van der Waals surface area contributed by atoms with Gasteiger partial charge in [-0.1, -0.05) is 12.1 Å². The molecule has 0 spiro atoms. The van der Waals surface area contributed by atoms with E-state index in [9.17, 15) is 4.79 Å². The van der Waals surface area contributed by atoms with Gasteiger partial charge in [0.05, 0.1) is 17.9 Å². The number of rotatable bonds is 0. The van der Waals surface area contributed by atoms with Crippen LogP contribution in [0.2, 0.25) is 0 Å². The van der Waals surface area contributed by atoms with Crippen molar-refractivity contribution in [3.05, 3.63) is 34.8 Å². The van der Waals surface area contributed by atoms with Crippen LogP contribution in [0.1, 0.15) is 12.8 Å². The maximum atomic E-state index is 11.7. The minimum absolute atomic E-state index is 0.0524. The zero-order valence-electron chi connectivity index (χ0n) is 8.27. The Balaban J connectivity index is 2.33. The van der Waals surface area contributed by atoms with Crippen LogP contribution in [0, 0.1) is 5.92 Å². The van der Waals surface area contributed by atoms with Crippen LogP contribution in [0.5, 0.6) is 0 Å². The lowest BCUT2D eigenvalue weighted by Gasteiger charge is -2.25. The van der Waals surface area contributed by atoms with Crippen molar-refractivity contribution >= 4 is 11.7 Å². The molecule has 1 fully saturated rings. The predicted octanol–water partition coefficient (Wildman–Crippen LogP) is 0.381. The van der Waals surface area contributed by atoms with Gasteiger partial charge in [0, 0.05) is 5.22 Å². The topological polar surface area (TPSA) is 38.7 Å². The molecule has 1 saturated heterocycles. The highest BCUT2D eigenvalue weighted by Crippen LogP contribution is 2.26. The number of ether oxygens (including phenoxy) is 1. The normalized spacial score (nSPS) is 23.6. The molecule has 15 heavy (non-hydrogen) atoms. The molecule has 1 unspecified atom stereocenters. The maximum Gasteiger partial charge on any atom is 0.256 e. The van der Waals surface area contributed by atoms with Gasteiger partial charge in [-0.3, -0.25) is 4.79 Å². The fraction of sp³-hybridized carbons (Fsp3) is 0.333. The lowest BCUT2D eigenvalue weighted by molar-refractivity contribution is -0.121. The number of para-hydroxylation sites is 1. The van der Waals surface area contributed by atoms with Crippen molar-refractivity contribution in [1.82, 2.24) is 0 Å². The molecule has 2 aliphatic heterocycles. The van der Waals surface area contributed by atoms with Crippen molar-refractivity contribution in [2.24, 2.45) is 10.9 Å². The summed E-state index contributed by atoms with van der Waals surface area (Å²) < 4.78 is 5.61. The van der Waals surface area contributed by atoms with Crippen LogP contribution in [-0.4, -0.2) is 12.5 Å². The Morgan fingerprint density at radius 2 is 2.20 bits per heavy atom. The first kappa shape index (κ1) is 8.65. The van der Waals surface area contributed by atoms with Gasteiger partial charge in [-0.25, -0.2) is 4.99 Å². The third kappa shape index (κ3) is 1.27. The van der Waals surface area contributed by atoms with Crippen molar-refractivity contribution in [3.63, 3.8) is 0 Å². The second-order valence-corrected chi connectivity index (χ2v) is 3.87. The molecule has 0 aromatic heterocycles. The van der Waals surface area contributed by atoms with Crippen LogP contribution in [0.25, 0.3) is 5.76 Å². The Morgan fingerprint density at radius 3 is 3.13 bits per heavy atom. The molecule has 0 aliphatic carbocycles. The third-order valence-electron chi connectivity index (χ3n) is 2.91. The summed E-state index contributed by atoms with van der Waals surface area (Å²) >= 11 is 0. The summed E-state index contributed by atoms with van der Waals surface area (Å²) in [6.07, 6.45) is 1.81. The molecule has 1 atom stereocenters. The average molecular weight is 201 g/mol. The second-order valence-electron chi connectivity index (χ2n) is 3.87. The van der Waals surface area contributed by atoms with E-state index in [1.165, 1.54) is 0 Å². The molecule has 2 aliphatic rings. The SMILES string of the molecule is O=C1N=c2ccccc2=C2OCCCC12. The van der Waals surface area contributed by atoms with Gasteiger partial charge in [0.2, 0.25) is 0 Å². The van der Waals surface area contributed by atoms with Crippen LogP contribution >= 0.6 is 0 Å². The van der Waals surface area contributed by atoms with E-state index in [1.54, 1.807) is 0 Å². The quantitative estimate of drug-likeness (QED) is 0.608. The first-order valence-electron chi connectivity index (χ1n) is 5.21. The lowest BCUT2D eigenvalue weighted by Crippen LogP contribution is -2.39. The molecular formula is C12H11NO2. The van der Waals surface area contributed by atoms with E-state index in [1.807, 2.05) is 24.3 Å². The summed E-state index contributed by atoms with van der Waals surface area (Å²) in [6.45, 7) is 0.716. The van der Waals surface area contributed by atoms with E-state index >= 15 is 0 Å². The molecule has 0 N–H and O–H groups in total. The van der Waals surface area contributed by atoms with Gasteiger partial charge in [-0.15, -0.1) is 0 Å². The van der Waals surface area contributed by atoms with Crippen LogP contribution in [0.15, 0.2) is 29.3 Å². The Labute approximate surface area is 87.1 Å². The Kier molecular flexibility index (Phi) is 1.84. The molecule has 3 rings (SSSR count). The van der Waals surface area contributed by atoms with Gasteiger partial charge in [-0.05, 0) is 25.0 Å². The highest BCUT2D eigenvalue weighted by Gasteiger charge is 2.30. The van der Waals surface area contributed by atoms with E-state index in [2.05, 4.69) is 4.99 Å². The largest absolute Gasteiger partial charge is 0.496 e. The van der Waals surface area contributed by atoms with E-state index in [0.29, 0.717) is 6.61 Å². The summed E-state index contributed by atoms with van der Waals surface area (Å²) in [4.78, 5) is 15.8. The van der Waals surface area contributed by atoms with Crippen LogP contribution < -0.4 is 10.6 Å². The third-order valence-corrected chi connectivity index (χ3v) is 2.91. The number of amides is 1. The van der Waals surface area contributed by atoms with Crippen LogP contribution in [0.4, 0.5) is 0 Å². The van der Waals surface area contributed by atoms with E-state index in [-0.39, 0.29) is 11.8 Å². The molecule has 76 valence electrons. The molecule has 1 aromatic rings. The molecule has 3 nitrogen and oxygen atoms in total. The summed E-state index contributed by atoms with van der Waals surface area (Å²) in [6, 6.07) is 7.67. The summed E-state index contributed by atoms with van der Waals surface area (Å²) in [5, 5.41) is 1.73. The fourth-order valence-electron chi connectivity index (χ4n) is 2.18. The first-order valence-corrected chi connectivity index (χ1v) is 5.21. The van der Waals surface area contributed by atoms with Gasteiger partial charge >= 0.3 is 0 Å². The maximum absolute atomic E-state index is 11.7. The highest BCUT2D eigenvalue weighted by molar-refractivity contribution is 5.88. The number of fused-ring (bicyclic) bond motifs is 2. The summed E-state index contributed by atoms with van der Waals surface area (Å²) in [5.74, 6) is 0.647. The minimum Gasteiger partial charge on any atom is -0.496 e. The van der Waals surface area contributed by atoms with Gasteiger partial charge in [0.25, 0.3) is 5.91 Å². The van der Waals surface area contributed by atoms with Gasteiger partial charge in [0.1, 0.15) is 5.76 Å². The standard InChI is InChI=1S/C12H11NO2/c14-12-9-5-3-7-15-11(9)8-4-1-2-6-10(8)13-12/h1-2,4,6,9H,3,5,7H2. The van der Waals surface area contributed by atoms with Crippen molar-refractivity contribution < 1.29 is 9.53 Å². The van der Waals surface area contributed by atoms with Crippen molar-refractivity contribution in [3.8, 4) is 0 Å². The Bertz CT molecular complexity index is 533. The zero-order valence-corrected chi connectivity index (χ0v) is 8.27. The number of carbonyl (C=O) groups is 1. The molecule has 2 heterocycles. The molecule has 3 heteroatoms. The van der Waals surface area contributed by atoms with Crippen molar-refractivity contribution in [2.75, 3.05) is 6.61 Å². The van der Waals surface area contributed by atoms with E-state index in [0.717, 1.165) is 29.2 Å². The summed E-state index contributed by atoms with van der Waals surface area (Å²) in [7, 11) is 0. The fourth-order valence-corrected chi connectivity index (χ4v) is 2.18.